The molecule has 0 saturated carbocycles. The summed E-state index contributed by atoms with van der Waals surface area (Å²) in [7, 11) is 1.62. The van der Waals surface area contributed by atoms with Crippen LogP contribution in [0.25, 0.3) is 0 Å². The van der Waals surface area contributed by atoms with Crippen molar-refractivity contribution in [3.63, 3.8) is 0 Å². The van der Waals surface area contributed by atoms with Crippen molar-refractivity contribution in [2.45, 2.75) is 26.0 Å². The first-order valence-corrected chi connectivity index (χ1v) is 5.14. The fourth-order valence-electron chi connectivity index (χ4n) is 1.39. The predicted molar refractivity (Wildman–Crippen MR) is 60.8 cm³/mol. The van der Waals surface area contributed by atoms with E-state index in [4.69, 9.17) is 10.5 Å². The highest BCUT2D eigenvalue weighted by Gasteiger charge is 2.19. The first-order valence-electron chi connectivity index (χ1n) is 5.14. The van der Waals surface area contributed by atoms with Crippen molar-refractivity contribution in [3.8, 4) is 5.75 Å². The highest BCUT2D eigenvalue weighted by molar-refractivity contribution is 5.29. The molecule has 0 saturated heterocycles. The van der Waals surface area contributed by atoms with Gasteiger partial charge in [0.1, 0.15) is 5.75 Å². The largest absolute Gasteiger partial charge is 0.497 e. The Labute approximate surface area is 90.9 Å². The maximum Gasteiger partial charge on any atom is 0.118 e. The summed E-state index contributed by atoms with van der Waals surface area (Å²) >= 11 is 0. The number of methoxy groups -OCH3 is 1. The van der Waals surface area contributed by atoms with Crippen LogP contribution in [0.15, 0.2) is 24.3 Å². The molecule has 1 rings (SSSR count). The van der Waals surface area contributed by atoms with Gasteiger partial charge in [-0.2, -0.15) is 0 Å². The Morgan fingerprint density at radius 2 is 1.73 bits per heavy atom. The number of rotatable bonds is 4. The Balaban J connectivity index is 2.78. The lowest BCUT2D eigenvalue weighted by molar-refractivity contribution is 0.125. The third kappa shape index (κ3) is 2.94. The van der Waals surface area contributed by atoms with Gasteiger partial charge in [0.2, 0.25) is 0 Å². The highest BCUT2D eigenvalue weighted by Crippen LogP contribution is 2.22. The molecule has 0 radical (unpaired) electrons. The van der Waals surface area contributed by atoms with Crippen LogP contribution in [0.2, 0.25) is 0 Å². The van der Waals surface area contributed by atoms with Crippen molar-refractivity contribution < 1.29 is 9.84 Å². The van der Waals surface area contributed by atoms with E-state index in [1.54, 1.807) is 7.11 Å². The molecule has 0 bridgehead atoms. The van der Waals surface area contributed by atoms with Crippen molar-refractivity contribution >= 4 is 0 Å². The average Bonchev–Trinajstić information content (AvgIpc) is 2.27. The van der Waals surface area contributed by atoms with Gasteiger partial charge in [-0.15, -0.1) is 0 Å². The molecule has 15 heavy (non-hydrogen) atoms. The van der Waals surface area contributed by atoms with Gasteiger partial charge in [-0.1, -0.05) is 26.0 Å². The predicted octanol–water partition coefficient (Wildman–Crippen LogP) is 1.71. The summed E-state index contributed by atoms with van der Waals surface area (Å²) in [5.74, 6) is 1.03. The van der Waals surface area contributed by atoms with Gasteiger partial charge in [-0.25, -0.2) is 0 Å². The lowest BCUT2D eigenvalue weighted by Crippen LogP contribution is -2.33. The number of ether oxygens (including phenoxy) is 1. The number of hydrogen-bond acceptors (Lipinski definition) is 3. The van der Waals surface area contributed by atoms with Gasteiger partial charge in [-0.3, -0.25) is 0 Å². The zero-order valence-corrected chi connectivity index (χ0v) is 9.47. The van der Waals surface area contributed by atoms with E-state index in [0.29, 0.717) is 0 Å². The van der Waals surface area contributed by atoms with Crippen molar-refractivity contribution in [2.24, 2.45) is 11.7 Å². The summed E-state index contributed by atoms with van der Waals surface area (Å²) in [6.07, 6.45) is -0.615. The molecule has 84 valence electrons. The van der Waals surface area contributed by atoms with Crippen LogP contribution in [-0.2, 0) is 0 Å². The van der Waals surface area contributed by atoms with E-state index in [0.717, 1.165) is 11.3 Å². The van der Waals surface area contributed by atoms with Gasteiger partial charge in [0.15, 0.2) is 0 Å². The minimum atomic E-state index is -0.615. The third-order valence-corrected chi connectivity index (χ3v) is 2.59. The summed E-state index contributed by atoms with van der Waals surface area (Å²) in [5.41, 5.74) is 6.71. The van der Waals surface area contributed by atoms with Crippen LogP contribution in [0, 0.1) is 5.92 Å². The number of aliphatic hydroxyl groups excluding tert-OH is 1. The molecule has 0 fully saturated rings. The minimum absolute atomic E-state index is 0.238. The number of hydrogen-bond donors (Lipinski definition) is 2. The Hall–Kier alpha value is -1.06. The zero-order valence-electron chi connectivity index (χ0n) is 9.47. The van der Waals surface area contributed by atoms with E-state index in [2.05, 4.69) is 0 Å². The molecule has 0 aromatic heterocycles. The summed E-state index contributed by atoms with van der Waals surface area (Å²) in [6, 6.07) is 7.09. The lowest BCUT2D eigenvalue weighted by atomic mass is 9.94. The summed E-state index contributed by atoms with van der Waals surface area (Å²) in [5, 5.41) is 9.96. The monoisotopic (exact) mass is 209 g/mol. The van der Waals surface area contributed by atoms with Crippen LogP contribution in [0.4, 0.5) is 0 Å². The molecule has 1 aromatic carbocycles. The average molecular weight is 209 g/mol. The van der Waals surface area contributed by atoms with E-state index in [9.17, 15) is 5.11 Å². The molecule has 0 heterocycles. The van der Waals surface area contributed by atoms with Gasteiger partial charge in [-0.05, 0) is 23.6 Å². The van der Waals surface area contributed by atoms with Crippen LogP contribution < -0.4 is 10.5 Å². The van der Waals surface area contributed by atoms with Crippen molar-refractivity contribution in [1.82, 2.24) is 0 Å². The summed E-state index contributed by atoms with van der Waals surface area (Å²) < 4.78 is 5.04. The summed E-state index contributed by atoms with van der Waals surface area (Å²) in [6.45, 7) is 3.99. The lowest BCUT2D eigenvalue weighted by Gasteiger charge is -2.22. The molecule has 3 N–H and O–H groups in total. The maximum absolute atomic E-state index is 9.96. The SMILES string of the molecule is COc1ccc(C(O)C(N)C(C)C)cc1. The second-order valence-corrected chi connectivity index (χ2v) is 4.04. The molecule has 0 spiro atoms. The fraction of sp³-hybridized carbons (Fsp3) is 0.500. The molecule has 3 nitrogen and oxygen atoms in total. The highest BCUT2D eigenvalue weighted by atomic mass is 16.5. The molecule has 0 amide bonds. The Morgan fingerprint density at radius 1 is 1.20 bits per heavy atom. The Kier molecular flexibility index (Phi) is 4.12. The third-order valence-electron chi connectivity index (χ3n) is 2.59. The second kappa shape index (κ2) is 5.14. The quantitative estimate of drug-likeness (QED) is 0.793. The van der Waals surface area contributed by atoms with Crippen LogP contribution in [0.5, 0.6) is 5.75 Å². The number of nitrogens with two attached hydrogens (primary N) is 1. The van der Waals surface area contributed by atoms with Gasteiger partial charge in [0.05, 0.1) is 13.2 Å². The summed E-state index contributed by atoms with van der Waals surface area (Å²) in [4.78, 5) is 0. The first kappa shape index (κ1) is 12.0. The zero-order chi connectivity index (χ0) is 11.4. The molecular weight excluding hydrogens is 190 g/mol. The standard InChI is InChI=1S/C12H19NO2/c1-8(2)11(13)12(14)9-4-6-10(15-3)7-5-9/h4-8,11-12,14H,13H2,1-3H3. The van der Waals surface area contributed by atoms with Crippen LogP contribution in [0.1, 0.15) is 25.5 Å². The molecule has 0 aliphatic carbocycles. The smallest absolute Gasteiger partial charge is 0.118 e. The maximum atomic E-state index is 9.96. The molecule has 2 unspecified atom stereocenters. The Morgan fingerprint density at radius 3 is 2.13 bits per heavy atom. The molecule has 0 aliphatic rings. The number of benzene rings is 1. The Bertz CT molecular complexity index is 295. The minimum Gasteiger partial charge on any atom is -0.497 e. The molecule has 3 heteroatoms. The van der Waals surface area contributed by atoms with Gasteiger partial charge in [0.25, 0.3) is 0 Å². The van der Waals surface area contributed by atoms with Crippen molar-refractivity contribution in [3.05, 3.63) is 29.8 Å². The van der Waals surface area contributed by atoms with Gasteiger partial charge in [0, 0.05) is 6.04 Å². The normalized spacial score (nSPS) is 15.1. The van der Waals surface area contributed by atoms with Gasteiger partial charge >= 0.3 is 0 Å². The van der Waals surface area contributed by atoms with Crippen molar-refractivity contribution in [2.75, 3.05) is 7.11 Å². The van der Waals surface area contributed by atoms with Gasteiger partial charge < -0.3 is 15.6 Å². The number of aliphatic hydroxyl groups is 1. The fourth-order valence-corrected chi connectivity index (χ4v) is 1.39. The molecular formula is C12H19NO2. The first-order chi connectivity index (χ1) is 7.06. The molecule has 0 aliphatic heterocycles. The van der Waals surface area contributed by atoms with E-state index >= 15 is 0 Å². The van der Waals surface area contributed by atoms with E-state index in [1.165, 1.54) is 0 Å². The van der Waals surface area contributed by atoms with Crippen LogP contribution >= 0.6 is 0 Å². The molecule has 2 atom stereocenters. The topological polar surface area (TPSA) is 55.5 Å². The van der Waals surface area contributed by atoms with Crippen LogP contribution in [-0.4, -0.2) is 18.3 Å². The van der Waals surface area contributed by atoms with Crippen molar-refractivity contribution in [1.29, 1.82) is 0 Å². The van der Waals surface area contributed by atoms with E-state index < -0.39 is 6.10 Å². The second-order valence-electron chi connectivity index (χ2n) is 4.04. The molecule has 1 aromatic rings. The van der Waals surface area contributed by atoms with Crippen LogP contribution in [0.3, 0.4) is 0 Å². The van der Waals surface area contributed by atoms with E-state index in [-0.39, 0.29) is 12.0 Å². The van der Waals surface area contributed by atoms with E-state index in [1.807, 2.05) is 38.1 Å².